The van der Waals surface area contributed by atoms with Crippen molar-refractivity contribution in [1.82, 2.24) is 14.4 Å². The third-order valence-electron chi connectivity index (χ3n) is 5.22. The second kappa shape index (κ2) is 6.75. The first kappa shape index (κ1) is 16.4. The van der Waals surface area contributed by atoms with Crippen LogP contribution in [0.2, 0.25) is 0 Å². The first-order chi connectivity index (χ1) is 13.3. The lowest BCUT2D eigenvalue weighted by molar-refractivity contribution is 0.102. The Balaban J connectivity index is 1.21. The standard InChI is InChI=1S/C20H21N3O4/c24-20-23(16-3-1-2-4-17(16)27-20)13-22-9-7-21(8-10-22)12-15-5-6-18-19(11-15)26-14-25-18/h1-6,11H,7-10,12-14H2. The molecule has 2 aromatic carbocycles. The minimum atomic E-state index is -0.293. The highest BCUT2D eigenvalue weighted by molar-refractivity contribution is 5.72. The highest BCUT2D eigenvalue weighted by Crippen LogP contribution is 2.32. The van der Waals surface area contributed by atoms with Crippen LogP contribution in [-0.4, -0.2) is 47.3 Å². The van der Waals surface area contributed by atoms with E-state index in [0.29, 0.717) is 19.0 Å². The lowest BCUT2D eigenvalue weighted by atomic mass is 10.1. The Kier molecular flexibility index (Phi) is 4.10. The summed E-state index contributed by atoms with van der Waals surface area (Å²) >= 11 is 0. The number of hydrogen-bond acceptors (Lipinski definition) is 6. The molecule has 0 N–H and O–H groups in total. The minimum absolute atomic E-state index is 0.293. The summed E-state index contributed by atoms with van der Waals surface area (Å²) in [7, 11) is 0. The van der Waals surface area contributed by atoms with Gasteiger partial charge in [-0.3, -0.25) is 14.4 Å². The zero-order chi connectivity index (χ0) is 18.2. The Morgan fingerprint density at radius 1 is 0.889 bits per heavy atom. The highest BCUT2D eigenvalue weighted by atomic mass is 16.7. The molecule has 0 spiro atoms. The number of piperazine rings is 1. The molecule has 0 atom stereocenters. The van der Waals surface area contributed by atoms with E-state index in [0.717, 1.165) is 49.7 Å². The molecule has 0 bridgehead atoms. The van der Waals surface area contributed by atoms with Crippen LogP contribution < -0.4 is 15.2 Å². The van der Waals surface area contributed by atoms with E-state index in [4.69, 9.17) is 13.9 Å². The van der Waals surface area contributed by atoms with Crippen molar-refractivity contribution in [2.24, 2.45) is 0 Å². The number of hydrogen-bond donors (Lipinski definition) is 0. The molecule has 1 saturated heterocycles. The summed E-state index contributed by atoms with van der Waals surface area (Å²) in [4.78, 5) is 16.9. The van der Waals surface area contributed by atoms with Crippen LogP contribution in [0, 0.1) is 0 Å². The van der Waals surface area contributed by atoms with E-state index in [9.17, 15) is 4.79 Å². The molecule has 0 unspecified atom stereocenters. The number of rotatable bonds is 4. The molecule has 140 valence electrons. The van der Waals surface area contributed by atoms with Crippen molar-refractivity contribution in [1.29, 1.82) is 0 Å². The van der Waals surface area contributed by atoms with Crippen LogP contribution in [0.3, 0.4) is 0 Å². The van der Waals surface area contributed by atoms with Crippen molar-refractivity contribution in [3.8, 4) is 11.5 Å². The van der Waals surface area contributed by atoms with Crippen molar-refractivity contribution in [3.63, 3.8) is 0 Å². The highest BCUT2D eigenvalue weighted by Gasteiger charge is 2.20. The molecule has 2 aliphatic rings. The fraction of sp³-hybridized carbons (Fsp3) is 0.350. The minimum Gasteiger partial charge on any atom is -0.454 e. The maximum atomic E-state index is 12.1. The van der Waals surface area contributed by atoms with Crippen LogP contribution in [0.15, 0.2) is 51.7 Å². The maximum absolute atomic E-state index is 12.1. The Morgan fingerprint density at radius 2 is 1.67 bits per heavy atom. The largest absolute Gasteiger partial charge is 0.454 e. The van der Waals surface area contributed by atoms with Crippen molar-refractivity contribution in [3.05, 3.63) is 58.6 Å². The second-order valence-electron chi connectivity index (χ2n) is 6.99. The third kappa shape index (κ3) is 3.20. The smallest absolute Gasteiger partial charge is 0.421 e. The molecule has 0 aliphatic carbocycles. The molecule has 0 radical (unpaired) electrons. The first-order valence-corrected chi connectivity index (χ1v) is 9.18. The molecular formula is C20H21N3O4. The molecule has 0 saturated carbocycles. The number of benzene rings is 2. The number of para-hydroxylation sites is 2. The van der Waals surface area contributed by atoms with Gasteiger partial charge in [-0.25, -0.2) is 4.79 Å². The third-order valence-corrected chi connectivity index (χ3v) is 5.22. The summed E-state index contributed by atoms with van der Waals surface area (Å²) in [5.41, 5.74) is 2.72. The van der Waals surface area contributed by atoms with E-state index in [1.807, 2.05) is 30.3 Å². The summed E-state index contributed by atoms with van der Waals surface area (Å²) in [6.07, 6.45) is 0. The SMILES string of the molecule is O=c1oc2ccccc2n1CN1CCN(Cc2ccc3c(c2)OCO3)CC1. The monoisotopic (exact) mass is 367 g/mol. The van der Waals surface area contributed by atoms with Gasteiger partial charge in [-0.2, -0.15) is 0 Å². The van der Waals surface area contributed by atoms with E-state index in [2.05, 4.69) is 21.9 Å². The quantitative estimate of drug-likeness (QED) is 0.704. The molecule has 27 heavy (non-hydrogen) atoms. The number of ether oxygens (including phenoxy) is 2. The molecule has 7 heteroatoms. The second-order valence-corrected chi connectivity index (χ2v) is 6.99. The molecule has 3 heterocycles. The van der Waals surface area contributed by atoms with Crippen molar-refractivity contribution >= 4 is 11.1 Å². The lowest BCUT2D eigenvalue weighted by Crippen LogP contribution is -2.47. The zero-order valence-electron chi connectivity index (χ0n) is 15.0. The number of fused-ring (bicyclic) bond motifs is 2. The molecular weight excluding hydrogens is 346 g/mol. The molecule has 7 nitrogen and oxygen atoms in total. The fourth-order valence-corrected chi connectivity index (χ4v) is 3.73. The topological polar surface area (TPSA) is 60.1 Å². The van der Waals surface area contributed by atoms with Gasteiger partial charge < -0.3 is 13.9 Å². The van der Waals surface area contributed by atoms with Crippen LogP contribution >= 0.6 is 0 Å². The van der Waals surface area contributed by atoms with Crippen molar-refractivity contribution in [2.75, 3.05) is 33.0 Å². The molecule has 3 aromatic rings. The first-order valence-electron chi connectivity index (χ1n) is 9.18. The molecule has 0 amide bonds. The maximum Gasteiger partial charge on any atom is 0.421 e. The Hall–Kier alpha value is -2.77. The van der Waals surface area contributed by atoms with E-state index in [-0.39, 0.29) is 5.76 Å². The van der Waals surface area contributed by atoms with Crippen molar-refractivity contribution in [2.45, 2.75) is 13.2 Å². The Morgan fingerprint density at radius 3 is 2.56 bits per heavy atom. The van der Waals surface area contributed by atoms with Gasteiger partial charge in [0.1, 0.15) is 0 Å². The summed E-state index contributed by atoms with van der Waals surface area (Å²) in [5, 5.41) is 0. The van der Waals surface area contributed by atoms with E-state index >= 15 is 0 Å². The summed E-state index contributed by atoms with van der Waals surface area (Å²) in [5.74, 6) is 1.36. The van der Waals surface area contributed by atoms with Gasteiger partial charge in [0.2, 0.25) is 6.79 Å². The molecule has 5 rings (SSSR count). The van der Waals surface area contributed by atoms with Crippen LogP contribution in [0.1, 0.15) is 5.56 Å². The van der Waals surface area contributed by atoms with Gasteiger partial charge in [0.25, 0.3) is 0 Å². The Labute approximate surface area is 156 Å². The normalized spacial score (nSPS) is 17.6. The van der Waals surface area contributed by atoms with Gasteiger partial charge in [-0.1, -0.05) is 18.2 Å². The fourth-order valence-electron chi connectivity index (χ4n) is 3.73. The van der Waals surface area contributed by atoms with Gasteiger partial charge in [0.05, 0.1) is 12.2 Å². The van der Waals surface area contributed by atoms with Gasteiger partial charge >= 0.3 is 5.76 Å². The van der Waals surface area contributed by atoms with E-state index < -0.39 is 0 Å². The number of nitrogens with zero attached hydrogens (tertiary/aromatic N) is 3. The van der Waals surface area contributed by atoms with Crippen LogP contribution in [0.25, 0.3) is 11.1 Å². The summed E-state index contributed by atoms with van der Waals surface area (Å²) in [6, 6.07) is 13.7. The van der Waals surface area contributed by atoms with Crippen molar-refractivity contribution < 1.29 is 13.9 Å². The summed E-state index contributed by atoms with van der Waals surface area (Å²) < 4.78 is 17.9. The van der Waals surface area contributed by atoms with Gasteiger partial charge in [0.15, 0.2) is 17.1 Å². The predicted molar refractivity (Wildman–Crippen MR) is 99.9 cm³/mol. The van der Waals surface area contributed by atoms with E-state index in [1.54, 1.807) is 4.57 Å². The zero-order valence-corrected chi connectivity index (χ0v) is 15.0. The van der Waals surface area contributed by atoms with Gasteiger partial charge in [-0.05, 0) is 29.8 Å². The number of aromatic nitrogens is 1. The molecule has 1 aromatic heterocycles. The predicted octanol–water partition coefficient (Wildman–Crippen LogP) is 2.10. The van der Waals surface area contributed by atoms with E-state index in [1.165, 1.54) is 5.56 Å². The Bertz CT molecular complexity index is 1020. The van der Waals surface area contributed by atoms with Gasteiger partial charge in [0, 0.05) is 32.7 Å². The molecule has 1 fully saturated rings. The lowest BCUT2D eigenvalue weighted by Gasteiger charge is -2.34. The van der Waals surface area contributed by atoms with Crippen LogP contribution in [0.5, 0.6) is 11.5 Å². The van der Waals surface area contributed by atoms with Crippen LogP contribution in [0.4, 0.5) is 0 Å². The van der Waals surface area contributed by atoms with Crippen LogP contribution in [-0.2, 0) is 13.2 Å². The average Bonchev–Trinajstić information content (AvgIpc) is 3.27. The summed E-state index contributed by atoms with van der Waals surface area (Å²) in [6.45, 7) is 5.50. The average molecular weight is 367 g/mol. The van der Waals surface area contributed by atoms with Gasteiger partial charge in [-0.15, -0.1) is 0 Å². The molecule has 2 aliphatic heterocycles. The number of oxazole rings is 1.